The Balaban J connectivity index is 3.51. The molecule has 0 aromatic heterocycles. The Labute approximate surface area is 73.3 Å². The molecule has 0 radical (unpaired) electrons. The molecule has 12 heavy (non-hydrogen) atoms. The van der Waals surface area contributed by atoms with E-state index in [1.165, 1.54) is 0 Å². The second-order valence-corrected chi connectivity index (χ2v) is 2.59. The molecule has 0 bridgehead atoms. The van der Waals surface area contributed by atoms with Gasteiger partial charge in [0.1, 0.15) is 0 Å². The minimum Gasteiger partial charge on any atom is -0.385 e. The van der Waals surface area contributed by atoms with Gasteiger partial charge in [0.05, 0.1) is 12.5 Å². The number of carbonyl (C=O) groups excluding carboxylic acids is 1. The van der Waals surface area contributed by atoms with Crippen LogP contribution in [0.25, 0.3) is 0 Å². The van der Waals surface area contributed by atoms with Crippen LogP contribution in [-0.2, 0) is 9.53 Å². The van der Waals surface area contributed by atoms with E-state index in [0.29, 0.717) is 13.0 Å². The Kier molecular flexibility index (Phi) is 6.35. The number of hydrogen-bond acceptors (Lipinski definition) is 3. The normalized spacial score (nSPS) is 12.1. The molecule has 0 saturated heterocycles. The second-order valence-electron chi connectivity index (χ2n) is 2.59. The van der Waals surface area contributed by atoms with Crippen LogP contribution in [0.1, 0.15) is 19.3 Å². The smallest absolute Gasteiger partial charge is 0.161 e. The molecular weight excluding hydrogens is 154 g/mol. The van der Waals surface area contributed by atoms with Gasteiger partial charge in [-0.05, 0) is 12.8 Å². The van der Waals surface area contributed by atoms with E-state index < -0.39 is 6.04 Å². The third-order valence-corrected chi connectivity index (χ3v) is 1.55. The molecule has 0 amide bonds. The van der Waals surface area contributed by atoms with Gasteiger partial charge in [-0.3, -0.25) is 4.79 Å². The van der Waals surface area contributed by atoms with Crippen LogP contribution in [0.2, 0.25) is 0 Å². The number of ketones is 1. The Bertz CT molecular complexity index is 172. The SMILES string of the molecule is C#CCC(=O)C(N)CCCOC. The fourth-order valence-electron chi connectivity index (χ4n) is 0.840. The lowest BCUT2D eigenvalue weighted by Crippen LogP contribution is -2.30. The summed E-state index contributed by atoms with van der Waals surface area (Å²) in [6.07, 6.45) is 6.55. The van der Waals surface area contributed by atoms with Gasteiger partial charge in [-0.1, -0.05) is 5.92 Å². The molecule has 1 unspecified atom stereocenters. The predicted octanol–water partition coefficient (Wildman–Crippen LogP) is 0.333. The maximum atomic E-state index is 11.0. The highest BCUT2D eigenvalue weighted by molar-refractivity contribution is 5.85. The lowest BCUT2D eigenvalue weighted by Gasteiger charge is -2.07. The third-order valence-electron chi connectivity index (χ3n) is 1.55. The summed E-state index contributed by atoms with van der Waals surface area (Å²) in [6.45, 7) is 0.636. The van der Waals surface area contributed by atoms with Crippen LogP contribution in [-0.4, -0.2) is 25.5 Å². The molecule has 0 aliphatic heterocycles. The molecule has 0 aliphatic rings. The van der Waals surface area contributed by atoms with Gasteiger partial charge < -0.3 is 10.5 Å². The number of nitrogens with two attached hydrogens (primary N) is 1. The molecule has 0 aliphatic carbocycles. The topological polar surface area (TPSA) is 52.3 Å². The number of ether oxygens (including phenoxy) is 1. The van der Waals surface area contributed by atoms with Crippen LogP contribution in [0.5, 0.6) is 0 Å². The predicted molar refractivity (Wildman–Crippen MR) is 47.5 cm³/mol. The van der Waals surface area contributed by atoms with E-state index >= 15 is 0 Å². The summed E-state index contributed by atoms with van der Waals surface area (Å²) in [6, 6.07) is -0.420. The average molecular weight is 169 g/mol. The van der Waals surface area contributed by atoms with Crippen molar-refractivity contribution >= 4 is 5.78 Å². The van der Waals surface area contributed by atoms with Crippen molar-refractivity contribution in [2.75, 3.05) is 13.7 Å². The zero-order chi connectivity index (χ0) is 9.40. The zero-order valence-electron chi connectivity index (χ0n) is 7.38. The summed E-state index contributed by atoms with van der Waals surface area (Å²) in [5.41, 5.74) is 5.54. The van der Waals surface area contributed by atoms with E-state index in [9.17, 15) is 4.79 Å². The average Bonchev–Trinajstić information content (AvgIpc) is 2.05. The molecular formula is C9H15NO2. The van der Waals surface area contributed by atoms with Crippen LogP contribution in [0, 0.1) is 12.3 Å². The molecule has 3 heteroatoms. The summed E-state index contributed by atoms with van der Waals surface area (Å²) >= 11 is 0. The van der Waals surface area contributed by atoms with E-state index in [2.05, 4.69) is 5.92 Å². The largest absolute Gasteiger partial charge is 0.385 e. The van der Waals surface area contributed by atoms with Gasteiger partial charge in [0, 0.05) is 13.7 Å². The molecule has 0 aromatic rings. The van der Waals surface area contributed by atoms with Crippen molar-refractivity contribution in [1.29, 1.82) is 0 Å². The second kappa shape index (κ2) is 6.84. The first-order valence-electron chi connectivity index (χ1n) is 3.93. The van der Waals surface area contributed by atoms with Gasteiger partial charge in [-0.25, -0.2) is 0 Å². The van der Waals surface area contributed by atoms with Crippen molar-refractivity contribution in [2.45, 2.75) is 25.3 Å². The minimum atomic E-state index is -0.420. The number of Topliss-reactive ketones (excluding diaryl/α,β-unsaturated/α-hetero) is 1. The van der Waals surface area contributed by atoms with Crippen molar-refractivity contribution in [3.05, 3.63) is 0 Å². The van der Waals surface area contributed by atoms with Crippen LogP contribution in [0.4, 0.5) is 0 Å². The summed E-state index contributed by atoms with van der Waals surface area (Å²) < 4.78 is 4.82. The molecule has 0 spiro atoms. The van der Waals surface area contributed by atoms with Crippen molar-refractivity contribution in [3.63, 3.8) is 0 Å². The van der Waals surface area contributed by atoms with Crippen molar-refractivity contribution < 1.29 is 9.53 Å². The van der Waals surface area contributed by atoms with Gasteiger partial charge in [-0.2, -0.15) is 0 Å². The number of carbonyl (C=O) groups is 1. The number of hydrogen-bond donors (Lipinski definition) is 1. The van der Waals surface area contributed by atoms with E-state index in [1.807, 2.05) is 0 Å². The molecule has 0 rings (SSSR count). The van der Waals surface area contributed by atoms with Gasteiger partial charge in [0.25, 0.3) is 0 Å². The van der Waals surface area contributed by atoms with Crippen LogP contribution in [0.3, 0.4) is 0 Å². The molecule has 0 fully saturated rings. The van der Waals surface area contributed by atoms with Crippen molar-refractivity contribution in [1.82, 2.24) is 0 Å². The van der Waals surface area contributed by atoms with Crippen LogP contribution < -0.4 is 5.73 Å². The number of methoxy groups -OCH3 is 1. The first kappa shape index (κ1) is 11.2. The minimum absolute atomic E-state index is 0.0615. The maximum absolute atomic E-state index is 11.0. The number of rotatable bonds is 6. The highest BCUT2D eigenvalue weighted by Crippen LogP contribution is 1.98. The van der Waals surface area contributed by atoms with E-state index in [0.717, 1.165) is 6.42 Å². The summed E-state index contributed by atoms with van der Waals surface area (Å²) in [7, 11) is 1.62. The fraction of sp³-hybridized carbons (Fsp3) is 0.667. The van der Waals surface area contributed by atoms with E-state index in [1.54, 1.807) is 7.11 Å². The maximum Gasteiger partial charge on any atom is 0.161 e. The summed E-state index contributed by atoms with van der Waals surface area (Å²) in [5.74, 6) is 2.22. The Morgan fingerprint density at radius 2 is 2.42 bits per heavy atom. The fourth-order valence-corrected chi connectivity index (χ4v) is 0.840. The van der Waals surface area contributed by atoms with Gasteiger partial charge in [-0.15, -0.1) is 6.42 Å². The highest BCUT2D eigenvalue weighted by atomic mass is 16.5. The molecule has 68 valence electrons. The Morgan fingerprint density at radius 3 is 2.92 bits per heavy atom. The molecule has 2 N–H and O–H groups in total. The van der Waals surface area contributed by atoms with Crippen LogP contribution >= 0.6 is 0 Å². The molecule has 0 heterocycles. The third kappa shape index (κ3) is 4.89. The van der Waals surface area contributed by atoms with Crippen molar-refractivity contribution in [2.24, 2.45) is 5.73 Å². The molecule has 1 atom stereocenters. The zero-order valence-corrected chi connectivity index (χ0v) is 7.38. The first-order chi connectivity index (χ1) is 5.72. The monoisotopic (exact) mass is 169 g/mol. The molecule has 0 saturated carbocycles. The highest BCUT2D eigenvalue weighted by Gasteiger charge is 2.10. The molecule has 0 aromatic carbocycles. The van der Waals surface area contributed by atoms with Gasteiger partial charge in [0.2, 0.25) is 0 Å². The Hall–Kier alpha value is -0.850. The lowest BCUT2D eigenvalue weighted by molar-refractivity contribution is -0.119. The van der Waals surface area contributed by atoms with Crippen LogP contribution in [0.15, 0.2) is 0 Å². The quantitative estimate of drug-likeness (QED) is 0.460. The first-order valence-corrected chi connectivity index (χ1v) is 3.93. The summed E-state index contributed by atoms with van der Waals surface area (Å²) in [5, 5.41) is 0. The van der Waals surface area contributed by atoms with Gasteiger partial charge >= 0.3 is 0 Å². The summed E-state index contributed by atoms with van der Waals surface area (Å²) in [4.78, 5) is 11.0. The lowest BCUT2D eigenvalue weighted by atomic mass is 10.1. The Morgan fingerprint density at radius 1 is 1.75 bits per heavy atom. The number of terminal acetylenes is 1. The molecule has 3 nitrogen and oxygen atoms in total. The van der Waals surface area contributed by atoms with E-state index in [4.69, 9.17) is 16.9 Å². The van der Waals surface area contributed by atoms with E-state index in [-0.39, 0.29) is 12.2 Å². The standard InChI is InChI=1S/C9H15NO2/c1-3-5-9(11)8(10)6-4-7-12-2/h1,8H,4-7,10H2,2H3. The van der Waals surface area contributed by atoms with Gasteiger partial charge in [0.15, 0.2) is 5.78 Å². The van der Waals surface area contributed by atoms with Crippen molar-refractivity contribution in [3.8, 4) is 12.3 Å².